The maximum atomic E-state index is 12.8. The molecule has 180 valence electrons. The second-order valence-corrected chi connectivity index (χ2v) is 7.76. The third kappa shape index (κ3) is 7.48. The number of aliphatic carboxylic acids is 3. The molecule has 0 aliphatic carbocycles. The van der Waals surface area contributed by atoms with Gasteiger partial charge in [-0.3, -0.25) is 24.0 Å². The zero-order chi connectivity index (χ0) is 24.6. The van der Waals surface area contributed by atoms with E-state index in [0.717, 1.165) is 4.90 Å². The molecule has 0 aromatic carbocycles. The lowest BCUT2D eigenvalue weighted by molar-refractivity contribution is -0.146. The van der Waals surface area contributed by atoms with Crippen molar-refractivity contribution in [1.29, 1.82) is 0 Å². The fourth-order valence-electron chi connectivity index (χ4n) is 3.38. The molecule has 0 aromatic heterocycles. The van der Waals surface area contributed by atoms with Crippen molar-refractivity contribution in [2.24, 2.45) is 11.7 Å². The fourth-order valence-corrected chi connectivity index (χ4v) is 3.38. The van der Waals surface area contributed by atoms with Crippen LogP contribution in [0.1, 0.15) is 46.0 Å². The zero-order valence-electron chi connectivity index (χ0n) is 17.9. The summed E-state index contributed by atoms with van der Waals surface area (Å²) in [6, 6.07) is -5.27. The van der Waals surface area contributed by atoms with E-state index < -0.39 is 78.6 Å². The van der Waals surface area contributed by atoms with Gasteiger partial charge < -0.3 is 36.6 Å². The minimum atomic E-state index is -1.57. The summed E-state index contributed by atoms with van der Waals surface area (Å²) in [5.41, 5.74) is 5.60. The van der Waals surface area contributed by atoms with Crippen LogP contribution >= 0.6 is 0 Å². The van der Waals surface area contributed by atoms with Gasteiger partial charge in [-0.05, 0) is 18.8 Å². The number of nitrogens with zero attached hydrogens (tertiary/aromatic N) is 1. The molecule has 7 N–H and O–H groups in total. The van der Waals surface area contributed by atoms with Gasteiger partial charge in [0.05, 0.1) is 18.9 Å². The lowest BCUT2D eigenvalue weighted by Crippen LogP contribution is -2.57. The highest BCUT2D eigenvalue weighted by Crippen LogP contribution is 2.19. The Bertz CT molecular complexity index is 757. The Hall–Kier alpha value is -3.22. The first kappa shape index (κ1) is 26.8. The van der Waals surface area contributed by atoms with Crippen LogP contribution in [0.4, 0.5) is 0 Å². The van der Waals surface area contributed by atoms with Crippen molar-refractivity contribution >= 4 is 35.6 Å². The Labute approximate surface area is 184 Å². The molecule has 0 radical (unpaired) electrons. The minimum absolute atomic E-state index is 0.148. The maximum Gasteiger partial charge on any atom is 0.326 e. The number of hydrogen-bond acceptors (Lipinski definition) is 7. The number of carboxylic acid groups (broad SMARTS) is 3. The number of nitrogens with two attached hydrogens (primary N) is 1. The van der Waals surface area contributed by atoms with Crippen LogP contribution in [0.3, 0.4) is 0 Å². The van der Waals surface area contributed by atoms with Gasteiger partial charge >= 0.3 is 17.9 Å². The standard InChI is InChI=1S/C19H30N4O9/c1-3-9(2)15(19(31)32)22-16(28)11(8-14(26)27)21-17(29)12-5-4-6-23(12)18(30)10(20)7-13(24)25/h9-12,15H,3-8,20H2,1-2H3,(H,21,29)(H,22,28)(H,24,25)(H,26,27)(H,31,32). The van der Waals surface area contributed by atoms with Gasteiger partial charge in [-0.15, -0.1) is 0 Å². The summed E-state index contributed by atoms with van der Waals surface area (Å²) in [5.74, 6) is -6.96. The molecule has 13 nitrogen and oxygen atoms in total. The third-order valence-electron chi connectivity index (χ3n) is 5.34. The smallest absolute Gasteiger partial charge is 0.326 e. The van der Waals surface area contributed by atoms with E-state index >= 15 is 0 Å². The molecule has 3 amide bonds. The van der Waals surface area contributed by atoms with Crippen LogP contribution in [0, 0.1) is 5.92 Å². The summed E-state index contributed by atoms with van der Waals surface area (Å²) < 4.78 is 0. The predicted octanol–water partition coefficient (Wildman–Crippen LogP) is -1.65. The number of carboxylic acids is 3. The first-order valence-electron chi connectivity index (χ1n) is 10.2. The van der Waals surface area contributed by atoms with Gasteiger partial charge in [-0.2, -0.15) is 0 Å². The summed E-state index contributed by atoms with van der Waals surface area (Å²) in [4.78, 5) is 72.4. The summed E-state index contributed by atoms with van der Waals surface area (Å²) in [6.45, 7) is 3.48. The van der Waals surface area contributed by atoms with Crippen molar-refractivity contribution in [1.82, 2.24) is 15.5 Å². The number of carbonyl (C=O) groups is 6. The summed E-state index contributed by atoms with van der Waals surface area (Å²) in [5, 5.41) is 31.8. The molecule has 1 saturated heterocycles. The van der Waals surface area contributed by atoms with Crippen LogP contribution in [0.25, 0.3) is 0 Å². The Balaban J connectivity index is 2.95. The number of likely N-dealkylation sites (tertiary alicyclic amines) is 1. The van der Waals surface area contributed by atoms with E-state index in [-0.39, 0.29) is 13.0 Å². The molecule has 0 spiro atoms. The molecule has 1 fully saturated rings. The van der Waals surface area contributed by atoms with Crippen LogP contribution in [0.2, 0.25) is 0 Å². The normalized spacial score (nSPS) is 19.3. The van der Waals surface area contributed by atoms with Gasteiger partial charge in [-0.25, -0.2) is 4.79 Å². The third-order valence-corrected chi connectivity index (χ3v) is 5.34. The number of nitrogens with one attached hydrogen (secondary N) is 2. The van der Waals surface area contributed by atoms with E-state index in [2.05, 4.69) is 10.6 Å². The molecular formula is C19H30N4O9. The Kier molecular flexibility index (Phi) is 10.0. The highest BCUT2D eigenvalue weighted by molar-refractivity contribution is 5.96. The molecule has 1 heterocycles. The SMILES string of the molecule is CCC(C)C(NC(=O)C(CC(=O)O)NC(=O)C1CCCN1C(=O)C(N)CC(=O)O)C(=O)O. The predicted molar refractivity (Wildman–Crippen MR) is 108 cm³/mol. The minimum Gasteiger partial charge on any atom is -0.481 e. The van der Waals surface area contributed by atoms with Gasteiger partial charge in [0.2, 0.25) is 17.7 Å². The average molecular weight is 458 g/mol. The molecule has 0 aromatic rings. The van der Waals surface area contributed by atoms with E-state index in [4.69, 9.17) is 15.9 Å². The van der Waals surface area contributed by atoms with Crippen molar-refractivity contribution < 1.29 is 44.1 Å². The summed E-state index contributed by atoms with van der Waals surface area (Å²) in [7, 11) is 0. The van der Waals surface area contributed by atoms with E-state index in [1.165, 1.54) is 0 Å². The molecule has 1 aliphatic rings. The second kappa shape index (κ2) is 12.0. The molecule has 0 bridgehead atoms. The molecule has 5 unspecified atom stereocenters. The zero-order valence-corrected chi connectivity index (χ0v) is 17.9. The van der Waals surface area contributed by atoms with Gasteiger partial charge in [0.1, 0.15) is 18.1 Å². The van der Waals surface area contributed by atoms with Gasteiger partial charge in [0, 0.05) is 6.54 Å². The molecule has 0 saturated carbocycles. The van der Waals surface area contributed by atoms with Crippen LogP contribution in [-0.2, 0) is 28.8 Å². The molecular weight excluding hydrogens is 428 g/mol. The Morgan fingerprint density at radius 2 is 1.62 bits per heavy atom. The van der Waals surface area contributed by atoms with E-state index in [9.17, 15) is 33.9 Å². The Morgan fingerprint density at radius 1 is 1.03 bits per heavy atom. The number of hydrogen-bond donors (Lipinski definition) is 6. The van der Waals surface area contributed by atoms with E-state index in [1.54, 1.807) is 13.8 Å². The summed E-state index contributed by atoms with van der Waals surface area (Å²) in [6.07, 6.45) is -0.357. The van der Waals surface area contributed by atoms with E-state index in [0.29, 0.717) is 12.8 Å². The first-order chi connectivity index (χ1) is 14.9. The van der Waals surface area contributed by atoms with Crippen molar-refractivity contribution in [3.8, 4) is 0 Å². The Morgan fingerprint density at radius 3 is 2.12 bits per heavy atom. The van der Waals surface area contributed by atoms with Crippen LogP contribution in [0.15, 0.2) is 0 Å². The van der Waals surface area contributed by atoms with Crippen molar-refractivity contribution in [2.75, 3.05) is 6.54 Å². The number of carbonyl (C=O) groups excluding carboxylic acids is 3. The second-order valence-electron chi connectivity index (χ2n) is 7.76. The largest absolute Gasteiger partial charge is 0.481 e. The average Bonchev–Trinajstić information content (AvgIpc) is 3.18. The quantitative estimate of drug-likeness (QED) is 0.196. The highest BCUT2D eigenvalue weighted by atomic mass is 16.4. The fraction of sp³-hybridized carbons (Fsp3) is 0.684. The lowest BCUT2D eigenvalue weighted by atomic mass is 9.98. The number of amides is 3. The molecule has 1 rings (SSSR count). The van der Waals surface area contributed by atoms with Gasteiger partial charge in [0.25, 0.3) is 0 Å². The lowest BCUT2D eigenvalue weighted by Gasteiger charge is -2.28. The van der Waals surface area contributed by atoms with Gasteiger partial charge in [0.15, 0.2) is 0 Å². The first-order valence-corrected chi connectivity index (χ1v) is 10.2. The van der Waals surface area contributed by atoms with Gasteiger partial charge in [-0.1, -0.05) is 20.3 Å². The number of rotatable bonds is 12. The van der Waals surface area contributed by atoms with E-state index in [1.807, 2.05) is 0 Å². The molecule has 13 heteroatoms. The van der Waals surface area contributed by atoms with Crippen molar-refractivity contribution in [3.63, 3.8) is 0 Å². The molecule has 32 heavy (non-hydrogen) atoms. The highest BCUT2D eigenvalue weighted by Gasteiger charge is 2.39. The molecule has 5 atom stereocenters. The van der Waals surface area contributed by atoms with Crippen molar-refractivity contribution in [3.05, 3.63) is 0 Å². The monoisotopic (exact) mass is 458 g/mol. The van der Waals surface area contributed by atoms with Crippen LogP contribution in [-0.4, -0.2) is 86.6 Å². The summed E-state index contributed by atoms with van der Waals surface area (Å²) >= 11 is 0. The maximum absolute atomic E-state index is 12.8. The molecule has 1 aliphatic heterocycles. The topological polar surface area (TPSA) is 216 Å². The van der Waals surface area contributed by atoms with Crippen molar-refractivity contribution in [2.45, 2.75) is 70.1 Å². The van der Waals surface area contributed by atoms with Crippen LogP contribution in [0.5, 0.6) is 0 Å². The van der Waals surface area contributed by atoms with Crippen LogP contribution < -0.4 is 16.4 Å².